The van der Waals surface area contributed by atoms with Gasteiger partial charge in [-0.15, -0.1) is 0 Å². The Morgan fingerprint density at radius 3 is 3.06 bits per heavy atom. The van der Waals surface area contributed by atoms with Crippen LogP contribution in [0.5, 0.6) is 0 Å². The zero-order chi connectivity index (χ0) is 11.5. The summed E-state index contributed by atoms with van der Waals surface area (Å²) in [5.74, 6) is 1.57. The molecule has 0 bridgehead atoms. The van der Waals surface area contributed by atoms with Crippen molar-refractivity contribution in [3.63, 3.8) is 0 Å². The second-order valence-electron chi connectivity index (χ2n) is 5.12. The molecule has 1 atom stereocenters. The van der Waals surface area contributed by atoms with Crippen LogP contribution in [0.25, 0.3) is 0 Å². The number of aromatic amines is 1. The molecule has 0 unspecified atom stereocenters. The van der Waals surface area contributed by atoms with Crippen LogP contribution in [0, 0.1) is 11.8 Å². The van der Waals surface area contributed by atoms with E-state index in [4.69, 9.17) is 0 Å². The van der Waals surface area contributed by atoms with Crippen molar-refractivity contribution in [1.29, 1.82) is 0 Å². The monoisotopic (exact) mass is 220 g/mol. The molecule has 1 N–H and O–H groups in total. The van der Waals surface area contributed by atoms with Gasteiger partial charge >= 0.3 is 0 Å². The maximum atomic E-state index is 12.0. The molecule has 88 valence electrons. The Morgan fingerprint density at radius 2 is 2.44 bits per heavy atom. The molecule has 0 radical (unpaired) electrons. The molecule has 3 nitrogen and oxygen atoms in total. The lowest BCUT2D eigenvalue weighted by Gasteiger charge is -2.16. The minimum Gasteiger partial charge on any atom is -0.357 e. The fourth-order valence-electron chi connectivity index (χ4n) is 2.51. The van der Waals surface area contributed by atoms with E-state index in [0.717, 1.165) is 25.4 Å². The summed E-state index contributed by atoms with van der Waals surface area (Å²) in [6, 6.07) is 3.72. The van der Waals surface area contributed by atoms with Crippen molar-refractivity contribution in [3.8, 4) is 0 Å². The van der Waals surface area contributed by atoms with Crippen LogP contribution in [0.3, 0.4) is 0 Å². The lowest BCUT2D eigenvalue weighted by Crippen LogP contribution is -2.29. The molecule has 2 rings (SSSR count). The number of carbonyl (C=O) groups excluding carboxylic acids is 1. The van der Waals surface area contributed by atoms with Crippen molar-refractivity contribution in [2.75, 3.05) is 13.1 Å². The summed E-state index contributed by atoms with van der Waals surface area (Å²) >= 11 is 0. The maximum absolute atomic E-state index is 12.0. The molecule has 1 aliphatic rings. The Hall–Kier alpha value is -1.25. The lowest BCUT2D eigenvalue weighted by molar-refractivity contribution is 0.0780. The highest BCUT2D eigenvalue weighted by molar-refractivity contribution is 5.92. The van der Waals surface area contributed by atoms with Crippen molar-refractivity contribution in [2.24, 2.45) is 11.8 Å². The first-order valence-corrected chi connectivity index (χ1v) is 6.09. The predicted molar refractivity (Wildman–Crippen MR) is 64.3 cm³/mol. The standard InChI is InChI=1S/C13H20N2O/c1-10(2)8-11-5-7-15(9-11)13(16)12-4-3-6-14-12/h3-4,6,10-11,14H,5,7-9H2,1-2H3/t11-/m0/s1. The van der Waals surface area contributed by atoms with E-state index in [2.05, 4.69) is 18.8 Å². The van der Waals surface area contributed by atoms with Gasteiger partial charge in [-0.05, 0) is 36.8 Å². The topological polar surface area (TPSA) is 36.1 Å². The van der Waals surface area contributed by atoms with Crippen LogP contribution in [0.2, 0.25) is 0 Å². The number of likely N-dealkylation sites (tertiary alicyclic amines) is 1. The van der Waals surface area contributed by atoms with Gasteiger partial charge in [-0.1, -0.05) is 13.8 Å². The average Bonchev–Trinajstić information content (AvgIpc) is 2.84. The van der Waals surface area contributed by atoms with Gasteiger partial charge in [0, 0.05) is 19.3 Å². The van der Waals surface area contributed by atoms with E-state index in [1.165, 1.54) is 6.42 Å². The van der Waals surface area contributed by atoms with Gasteiger partial charge in [0.05, 0.1) is 0 Å². The highest BCUT2D eigenvalue weighted by atomic mass is 16.2. The minimum absolute atomic E-state index is 0.149. The SMILES string of the molecule is CC(C)C[C@@H]1CCN(C(=O)c2ccc[nH]2)C1. The third-order valence-electron chi connectivity index (χ3n) is 3.21. The Morgan fingerprint density at radius 1 is 1.62 bits per heavy atom. The maximum Gasteiger partial charge on any atom is 0.270 e. The molecular weight excluding hydrogens is 200 g/mol. The summed E-state index contributed by atoms with van der Waals surface area (Å²) in [6.07, 6.45) is 4.19. The second kappa shape index (κ2) is 4.73. The molecule has 1 aromatic rings. The zero-order valence-electron chi connectivity index (χ0n) is 10.1. The molecule has 0 spiro atoms. The highest BCUT2D eigenvalue weighted by Gasteiger charge is 2.27. The molecule has 1 fully saturated rings. The predicted octanol–water partition coefficient (Wildman–Crippen LogP) is 2.52. The third kappa shape index (κ3) is 2.46. The Kier molecular flexibility index (Phi) is 3.32. The summed E-state index contributed by atoms with van der Waals surface area (Å²) in [5, 5.41) is 0. The van der Waals surface area contributed by atoms with Crippen LogP contribution in [0.15, 0.2) is 18.3 Å². The van der Waals surface area contributed by atoms with Gasteiger partial charge in [0.1, 0.15) is 5.69 Å². The number of nitrogens with one attached hydrogen (secondary N) is 1. The van der Waals surface area contributed by atoms with Crippen LogP contribution in [-0.2, 0) is 0 Å². The number of H-pyrrole nitrogens is 1. The zero-order valence-corrected chi connectivity index (χ0v) is 10.1. The highest BCUT2D eigenvalue weighted by Crippen LogP contribution is 2.24. The van der Waals surface area contributed by atoms with Crippen molar-refractivity contribution < 1.29 is 4.79 Å². The number of hydrogen-bond acceptors (Lipinski definition) is 1. The van der Waals surface area contributed by atoms with Gasteiger partial charge < -0.3 is 9.88 Å². The fourth-order valence-corrected chi connectivity index (χ4v) is 2.51. The van der Waals surface area contributed by atoms with Crippen LogP contribution >= 0.6 is 0 Å². The smallest absolute Gasteiger partial charge is 0.270 e. The Bertz CT molecular complexity index is 343. The molecule has 3 heteroatoms. The van der Waals surface area contributed by atoms with Gasteiger partial charge in [-0.2, -0.15) is 0 Å². The largest absolute Gasteiger partial charge is 0.357 e. The number of nitrogens with zero attached hydrogens (tertiary/aromatic N) is 1. The number of carbonyl (C=O) groups is 1. The minimum atomic E-state index is 0.149. The first-order valence-electron chi connectivity index (χ1n) is 6.09. The first kappa shape index (κ1) is 11.2. The number of amides is 1. The van der Waals surface area contributed by atoms with Crippen LogP contribution in [0.1, 0.15) is 37.2 Å². The molecule has 0 aliphatic carbocycles. The number of rotatable bonds is 3. The molecule has 0 saturated carbocycles. The normalized spacial score (nSPS) is 20.7. The summed E-state index contributed by atoms with van der Waals surface area (Å²) in [5.41, 5.74) is 0.713. The third-order valence-corrected chi connectivity index (χ3v) is 3.21. The molecule has 1 aromatic heterocycles. The summed E-state index contributed by atoms with van der Waals surface area (Å²) in [4.78, 5) is 17.0. The van der Waals surface area contributed by atoms with Gasteiger partial charge in [0.15, 0.2) is 0 Å². The van der Waals surface area contributed by atoms with Crippen LogP contribution < -0.4 is 0 Å². The van der Waals surface area contributed by atoms with Gasteiger partial charge in [-0.25, -0.2) is 0 Å². The van der Waals surface area contributed by atoms with Gasteiger partial charge in [-0.3, -0.25) is 4.79 Å². The van der Waals surface area contributed by atoms with Gasteiger partial charge in [0.25, 0.3) is 5.91 Å². The lowest BCUT2D eigenvalue weighted by atomic mass is 9.97. The van der Waals surface area contributed by atoms with E-state index < -0.39 is 0 Å². The summed E-state index contributed by atoms with van der Waals surface area (Å²) in [7, 11) is 0. The van der Waals surface area contributed by atoms with Crippen molar-refractivity contribution in [3.05, 3.63) is 24.0 Å². The van der Waals surface area contributed by atoms with Crippen LogP contribution in [0.4, 0.5) is 0 Å². The average molecular weight is 220 g/mol. The second-order valence-corrected chi connectivity index (χ2v) is 5.12. The van der Waals surface area contributed by atoms with E-state index >= 15 is 0 Å². The Balaban J connectivity index is 1.91. The Labute approximate surface area is 96.8 Å². The summed E-state index contributed by atoms with van der Waals surface area (Å²) < 4.78 is 0. The fraction of sp³-hybridized carbons (Fsp3) is 0.615. The number of aromatic nitrogens is 1. The molecule has 16 heavy (non-hydrogen) atoms. The van der Waals surface area contributed by atoms with E-state index in [0.29, 0.717) is 11.6 Å². The van der Waals surface area contributed by atoms with Crippen LogP contribution in [-0.4, -0.2) is 28.9 Å². The first-order chi connectivity index (χ1) is 7.66. The van der Waals surface area contributed by atoms with Gasteiger partial charge in [0.2, 0.25) is 0 Å². The van der Waals surface area contributed by atoms with E-state index in [1.54, 1.807) is 6.20 Å². The molecule has 1 saturated heterocycles. The molecule has 0 aromatic carbocycles. The van der Waals surface area contributed by atoms with E-state index in [-0.39, 0.29) is 5.91 Å². The molecular formula is C13H20N2O. The molecule has 1 amide bonds. The van der Waals surface area contributed by atoms with Crippen molar-refractivity contribution >= 4 is 5.91 Å². The molecule has 1 aliphatic heterocycles. The quantitative estimate of drug-likeness (QED) is 0.834. The number of hydrogen-bond donors (Lipinski definition) is 1. The summed E-state index contributed by atoms with van der Waals surface area (Å²) in [6.45, 7) is 6.33. The van der Waals surface area contributed by atoms with Crippen molar-refractivity contribution in [2.45, 2.75) is 26.7 Å². The van der Waals surface area contributed by atoms with Crippen molar-refractivity contribution in [1.82, 2.24) is 9.88 Å². The van der Waals surface area contributed by atoms with E-state index in [1.807, 2.05) is 17.0 Å². The molecule has 2 heterocycles. The van der Waals surface area contributed by atoms with E-state index in [9.17, 15) is 4.79 Å².